The zero-order valence-corrected chi connectivity index (χ0v) is 17.2. The van der Waals surface area contributed by atoms with E-state index < -0.39 is 17.1 Å². The van der Waals surface area contributed by atoms with E-state index in [1.54, 1.807) is 23.0 Å². The fourth-order valence-corrected chi connectivity index (χ4v) is 3.79. The molecule has 160 valence electrons. The van der Waals surface area contributed by atoms with Crippen LogP contribution in [-0.2, 0) is 13.1 Å². The lowest BCUT2D eigenvalue weighted by molar-refractivity contribution is 0.482. The summed E-state index contributed by atoms with van der Waals surface area (Å²) in [4.78, 5) is 31.2. The van der Waals surface area contributed by atoms with Gasteiger partial charge in [-0.1, -0.05) is 24.3 Å². The fraction of sp³-hybridized carbons (Fsp3) is 0.125. The SMILES string of the molecule is Cc1ccccc1Cn1cnc2c1c(=O)n(Cc1ccco1)c(=O)n2-c1ccc(F)cc1. The number of benzene rings is 2. The summed E-state index contributed by atoms with van der Waals surface area (Å²) in [6.07, 6.45) is 3.04. The minimum atomic E-state index is -0.577. The van der Waals surface area contributed by atoms with Crippen molar-refractivity contribution in [3.63, 3.8) is 0 Å². The number of nitrogens with zero attached hydrogens (tertiary/aromatic N) is 4. The van der Waals surface area contributed by atoms with Crippen LogP contribution in [0.1, 0.15) is 16.9 Å². The van der Waals surface area contributed by atoms with Crippen molar-refractivity contribution in [2.45, 2.75) is 20.0 Å². The van der Waals surface area contributed by atoms with E-state index in [1.807, 2.05) is 31.2 Å². The number of imidazole rings is 1. The third-order valence-electron chi connectivity index (χ3n) is 5.48. The summed E-state index contributed by atoms with van der Waals surface area (Å²) in [7, 11) is 0. The Morgan fingerprint density at radius 3 is 2.47 bits per heavy atom. The van der Waals surface area contributed by atoms with E-state index in [0.717, 1.165) is 15.7 Å². The van der Waals surface area contributed by atoms with Crippen LogP contribution < -0.4 is 11.2 Å². The Labute approximate surface area is 181 Å². The number of aryl methyl sites for hydroxylation is 1. The van der Waals surface area contributed by atoms with Gasteiger partial charge < -0.3 is 8.98 Å². The molecule has 32 heavy (non-hydrogen) atoms. The molecule has 0 aliphatic heterocycles. The zero-order chi connectivity index (χ0) is 22.2. The molecule has 0 bridgehead atoms. The predicted molar refractivity (Wildman–Crippen MR) is 118 cm³/mol. The molecule has 0 atom stereocenters. The first-order valence-corrected chi connectivity index (χ1v) is 10.1. The molecule has 0 saturated heterocycles. The highest BCUT2D eigenvalue weighted by Gasteiger charge is 2.20. The number of fused-ring (bicyclic) bond motifs is 1. The van der Waals surface area contributed by atoms with E-state index in [4.69, 9.17) is 4.42 Å². The van der Waals surface area contributed by atoms with Gasteiger partial charge in [0.25, 0.3) is 5.56 Å². The third kappa shape index (κ3) is 3.35. The van der Waals surface area contributed by atoms with Crippen molar-refractivity contribution in [2.24, 2.45) is 0 Å². The Morgan fingerprint density at radius 1 is 0.969 bits per heavy atom. The lowest BCUT2D eigenvalue weighted by atomic mass is 10.1. The molecule has 0 radical (unpaired) electrons. The zero-order valence-electron chi connectivity index (χ0n) is 17.2. The second-order valence-corrected chi connectivity index (χ2v) is 7.54. The maximum Gasteiger partial charge on any atom is 0.337 e. The van der Waals surface area contributed by atoms with Crippen LogP contribution in [0.3, 0.4) is 0 Å². The summed E-state index contributed by atoms with van der Waals surface area (Å²) in [5, 5.41) is 0. The largest absolute Gasteiger partial charge is 0.467 e. The molecule has 0 N–H and O–H groups in total. The van der Waals surface area contributed by atoms with Crippen molar-refractivity contribution >= 4 is 11.2 Å². The molecule has 8 heteroatoms. The van der Waals surface area contributed by atoms with Crippen LogP contribution in [0.4, 0.5) is 4.39 Å². The lowest BCUT2D eigenvalue weighted by Gasteiger charge is -2.13. The number of hydrogen-bond acceptors (Lipinski definition) is 4. The summed E-state index contributed by atoms with van der Waals surface area (Å²) in [5.74, 6) is 0.0474. The van der Waals surface area contributed by atoms with Gasteiger partial charge in [0.15, 0.2) is 11.2 Å². The Hall–Kier alpha value is -4.20. The number of furan rings is 1. The Bertz CT molecular complexity index is 1530. The summed E-state index contributed by atoms with van der Waals surface area (Å²) >= 11 is 0. The van der Waals surface area contributed by atoms with E-state index >= 15 is 0 Å². The molecule has 0 unspecified atom stereocenters. The molecule has 3 heterocycles. The number of aromatic nitrogens is 4. The average Bonchev–Trinajstić information content (AvgIpc) is 3.44. The first-order chi connectivity index (χ1) is 15.5. The highest BCUT2D eigenvalue weighted by molar-refractivity contribution is 5.72. The molecule has 0 aliphatic carbocycles. The fourth-order valence-electron chi connectivity index (χ4n) is 3.79. The van der Waals surface area contributed by atoms with Gasteiger partial charge in [-0.15, -0.1) is 0 Å². The van der Waals surface area contributed by atoms with Crippen LogP contribution >= 0.6 is 0 Å². The second-order valence-electron chi connectivity index (χ2n) is 7.54. The van der Waals surface area contributed by atoms with Crippen molar-refractivity contribution < 1.29 is 8.81 Å². The van der Waals surface area contributed by atoms with Crippen LogP contribution in [0.25, 0.3) is 16.9 Å². The lowest BCUT2D eigenvalue weighted by Crippen LogP contribution is -2.40. The molecule has 5 aromatic rings. The number of hydrogen-bond donors (Lipinski definition) is 0. The van der Waals surface area contributed by atoms with E-state index in [2.05, 4.69) is 4.98 Å². The van der Waals surface area contributed by atoms with Gasteiger partial charge in [-0.3, -0.25) is 9.36 Å². The molecule has 0 amide bonds. The normalized spacial score (nSPS) is 11.3. The summed E-state index contributed by atoms with van der Waals surface area (Å²) in [6.45, 7) is 2.39. The highest BCUT2D eigenvalue weighted by Crippen LogP contribution is 2.17. The first-order valence-electron chi connectivity index (χ1n) is 10.1. The molecule has 0 spiro atoms. The standard InChI is InChI=1S/C24H19FN4O3/c1-16-5-2-3-6-17(16)13-27-15-26-22-21(27)23(30)28(14-20-7-4-12-32-20)24(31)29(22)19-10-8-18(25)9-11-19/h2-12,15H,13-14H2,1H3. The minimum absolute atomic E-state index is 0.0304. The van der Waals surface area contributed by atoms with E-state index in [0.29, 0.717) is 18.0 Å². The van der Waals surface area contributed by atoms with Gasteiger partial charge in [0.05, 0.1) is 24.8 Å². The molecular weight excluding hydrogens is 411 g/mol. The van der Waals surface area contributed by atoms with E-state index in [9.17, 15) is 14.0 Å². The van der Waals surface area contributed by atoms with Gasteiger partial charge in [-0.05, 0) is 54.4 Å². The molecule has 0 fully saturated rings. The molecule has 5 rings (SSSR count). The molecule has 2 aromatic carbocycles. The quantitative estimate of drug-likeness (QED) is 0.428. The van der Waals surface area contributed by atoms with E-state index in [-0.39, 0.29) is 17.7 Å². The first kappa shape index (κ1) is 19.7. The Morgan fingerprint density at radius 2 is 1.75 bits per heavy atom. The summed E-state index contributed by atoms with van der Waals surface area (Å²) in [5.41, 5.74) is 1.98. The van der Waals surface area contributed by atoms with Gasteiger partial charge in [-0.2, -0.15) is 0 Å². The van der Waals surface area contributed by atoms with Gasteiger partial charge in [-0.25, -0.2) is 18.7 Å². The second kappa shape index (κ2) is 7.81. The monoisotopic (exact) mass is 430 g/mol. The van der Waals surface area contributed by atoms with Crippen molar-refractivity contribution in [1.29, 1.82) is 0 Å². The number of rotatable bonds is 5. The number of halogens is 1. The molecule has 0 saturated carbocycles. The summed E-state index contributed by atoms with van der Waals surface area (Å²) < 4.78 is 23.1. The van der Waals surface area contributed by atoms with Crippen LogP contribution in [-0.4, -0.2) is 18.7 Å². The van der Waals surface area contributed by atoms with Crippen LogP contribution in [0.2, 0.25) is 0 Å². The van der Waals surface area contributed by atoms with E-state index in [1.165, 1.54) is 35.1 Å². The molecule has 3 aromatic heterocycles. The average molecular weight is 430 g/mol. The van der Waals surface area contributed by atoms with Gasteiger partial charge >= 0.3 is 5.69 Å². The Kier molecular flexibility index (Phi) is 4.82. The van der Waals surface area contributed by atoms with Gasteiger partial charge in [0.2, 0.25) is 0 Å². The smallest absolute Gasteiger partial charge is 0.337 e. The van der Waals surface area contributed by atoms with Crippen molar-refractivity contribution in [2.75, 3.05) is 0 Å². The molecule has 7 nitrogen and oxygen atoms in total. The minimum Gasteiger partial charge on any atom is -0.467 e. The maximum atomic E-state index is 13.5. The third-order valence-corrected chi connectivity index (χ3v) is 5.48. The highest BCUT2D eigenvalue weighted by atomic mass is 19.1. The Balaban J connectivity index is 1.77. The predicted octanol–water partition coefficient (Wildman–Crippen LogP) is 3.49. The topological polar surface area (TPSA) is 75.0 Å². The molecular formula is C24H19FN4O3. The van der Waals surface area contributed by atoms with Gasteiger partial charge in [0, 0.05) is 6.54 Å². The van der Waals surface area contributed by atoms with Crippen molar-refractivity contribution in [3.05, 3.63) is 117 Å². The van der Waals surface area contributed by atoms with Crippen LogP contribution in [0.15, 0.2) is 87.3 Å². The van der Waals surface area contributed by atoms with Crippen LogP contribution in [0, 0.1) is 12.7 Å². The maximum absolute atomic E-state index is 13.5. The summed E-state index contributed by atoms with van der Waals surface area (Å²) in [6, 6.07) is 16.8. The van der Waals surface area contributed by atoms with Gasteiger partial charge in [0.1, 0.15) is 11.6 Å². The van der Waals surface area contributed by atoms with Crippen molar-refractivity contribution in [3.8, 4) is 5.69 Å². The van der Waals surface area contributed by atoms with Crippen molar-refractivity contribution in [1.82, 2.24) is 18.7 Å². The molecule has 0 aliphatic rings. The van der Waals surface area contributed by atoms with Crippen LogP contribution in [0.5, 0.6) is 0 Å².